The number of benzene rings is 1. The third kappa shape index (κ3) is 6.13. The van der Waals surface area contributed by atoms with Gasteiger partial charge in [-0.25, -0.2) is 19.1 Å². The van der Waals surface area contributed by atoms with Gasteiger partial charge in [0.1, 0.15) is 11.4 Å². The molecule has 1 amide bonds. The molecule has 0 saturated heterocycles. The Morgan fingerprint density at radius 2 is 1.81 bits per heavy atom. The molecule has 0 aliphatic heterocycles. The van der Waals surface area contributed by atoms with Crippen LogP contribution >= 0.6 is 0 Å². The summed E-state index contributed by atoms with van der Waals surface area (Å²) in [7, 11) is 0. The summed E-state index contributed by atoms with van der Waals surface area (Å²) in [6.45, 7) is 2.14. The molecule has 0 spiro atoms. The maximum atomic E-state index is 13.1. The van der Waals surface area contributed by atoms with Crippen LogP contribution in [0.3, 0.4) is 0 Å². The van der Waals surface area contributed by atoms with E-state index in [1.807, 2.05) is 0 Å². The Labute approximate surface area is 206 Å². The Bertz CT molecular complexity index is 1410. The molecule has 4 rings (SSSR count). The van der Waals surface area contributed by atoms with Gasteiger partial charge in [-0.1, -0.05) is 0 Å². The highest BCUT2D eigenvalue weighted by Crippen LogP contribution is 2.32. The highest BCUT2D eigenvalue weighted by atomic mass is 19.4. The number of ether oxygens (including phenoxy) is 2. The van der Waals surface area contributed by atoms with Crippen LogP contribution in [-0.2, 0) is 11.3 Å². The lowest BCUT2D eigenvalue weighted by Crippen LogP contribution is -2.32. The first-order valence-electron chi connectivity index (χ1n) is 10.8. The molecule has 9 nitrogen and oxygen atoms in total. The topological polar surface area (TPSA) is 96.1 Å². The highest BCUT2D eigenvalue weighted by molar-refractivity contribution is 5.95. The molecule has 0 aliphatic rings. The number of rotatable bonds is 6. The number of hydrogen-bond donors (Lipinski definition) is 1. The number of nitrogens with one attached hydrogen (secondary N) is 1. The lowest BCUT2D eigenvalue weighted by atomic mass is 10.1. The second-order valence-corrected chi connectivity index (χ2v) is 8.80. The lowest BCUT2D eigenvalue weighted by molar-refractivity contribution is -0.274. The number of hydrogen-bond acceptors (Lipinski definition) is 6. The lowest BCUT2D eigenvalue weighted by Gasteiger charge is -2.19. The Kier molecular flexibility index (Phi) is 6.76. The van der Waals surface area contributed by atoms with Gasteiger partial charge >= 0.3 is 19.0 Å². The summed E-state index contributed by atoms with van der Waals surface area (Å²) in [6, 6.07) is 6.51. The van der Waals surface area contributed by atoms with Crippen LogP contribution in [0.1, 0.15) is 33.0 Å². The minimum atomic E-state index is -4.85. The van der Waals surface area contributed by atoms with Crippen molar-refractivity contribution in [3.8, 4) is 22.6 Å². The van der Waals surface area contributed by atoms with Crippen molar-refractivity contribution in [2.24, 2.45) is 0 Å². The number of amides is 1. The number of aromatic nitrogens is 5. The van der Waals surface area contributed by atoms with Gasteiger partial charge in [0, 0.05) is 18.0 Å². The number of carbonyl (C=O) groups is 1. The van der Waals surface area contributed by atoms with E-state index in [1.54, 1.807) is 26.8 Å². The molecular weight excluding hydrogens is 503 g/mol. The third-order valence-electron chi connectivity index (χ3n) is 4.87. The van der Waals surface area contributed by atoms with E-state index in [9.17, 15) is 26.7 Å². The minimum Gasteiger partial charge on any atom is -0.444 e. The van der Waals surface area contributed by atoms with Crippen molar-refractivity contribution in [1.29, 1.82) is 0 Å². The molecule has 14 heteroatoms. The molecule has 3 heterocycles. The molecular formula is C23H21F5N6O3. The van der Waals surface area contributed by atoms with Crippen LogP contribution in [0, 0.1) is 0 Å². The molecule has 3 aromatic heterocycles. The molecule has 196 valence electrons. The first kappa shape index (κ1) is 25.9. The van der Waals surface area contributed by atoms with Gasteiger partial charge in [0.25, 0.3) is 0 Å². The molecule has 0 radical (unpaired) electrons. The molecule has 0 fully saturated rings. The van der Waals surface area contributed by atoms with Gasteiger partial charge in [0.2, 0.25) is 0 Å². The zero-order valence-corrected chi connectivity index (χ0v) is 19.8. The average Bonchev–Trinajstić information content (AvgIpc) is 3.42. The number of carbonyl (C=O) groups excluding carboxylic acids is 1. The number of halogens is 5. The molecule has 0 saturated carbocycles. The summed E-state index contributed by atoms with van der Waals surface area (Å²) < 4.78 is 74.9. The van der Waals surface area contributed by atoms with Crippen molar-refractivity contribution in [3.63, 3.8) is 0 Å². The summed E-state index contributed by atoms with van der Waals surface area (Å²) in [4.78, 5) is 16.6. The normalized spacial score (nSPS) is 12.2. The number of pyridine rings is 1. The van der Waals surface area contributed by atoms with Crippen molar-refractivity contribution < 1.29 is 36.2 Å². The Morgan fingerprint density at radius 1 is 1.11 bits per heavy atom. The van der Waals surface area contributed by atoms with Gasteiger partial charge in [-0.3, -0.25) is 0 Å². The molecule has 0 unspecified atom stereocenters. The van der Waals surface area contributed by atoms with E-state index in [4.69, 9.17) is 4.74 Å². The molecule has 0 aliphatic carbocycles. The fourth-order valence-electron chi connectivity index (χ4n) is 3.50. The van der Waals surface area contributed by atoms with Crippen molar-refractivity contribution >= 4 is 17.1 Å². The molecule has 0 bridgehead atoms. The Morgan fingerprint density at radius 3 is 2.41 bits per heavy atom. The first-order valence-corrected chi connectivity index (χ1v) is 10.8. The quantitative estimate of drug-likeness (QED) is 0.330. The summed E-state index contributed by atoms with van der Waals surface area (Å²) >= 11 is 0. The van der Waals surface area contributed by atoms with Crippen LogP contribution in [0.2, 0.25) is 0 Å². The van der Waals surface area contributed by atoms with E-state index < -0.39 is 30.4 Å². The van der Waals surface area contributed by atoms with E-state index in [-0.39, 0.29) is 12.2 Å². The number of alkyl carbamates (subject to hydrolysis) is 1. The van der Waals surface area contributed by atoms with Crippen LogP contribution in [-0.4, -0.2) is 42.6 Å². The standard InChI is InChI=1S/C23H21F5N6O3/c1-22(2,3)37-21(35)30-11-17-18-16(13-10-31-33(12-13)20(24)25)8-9-29-19(18)34(32-17)14-4-6-15(7-5-14)36-23(26,27)28/h4-10,12,20H,11H2,1-3H3,(H,30,35). The highest BCUT2D eigenvalue weighted by Gasteiger charge is 2.31. The van der Waals surface area contributed by atoms with Gasteiger partial charge in [0.15, 0.2) is 5.65 Å². The van der Waals surface area contributed by atoms with Crippen molar-refractivity contribution in [3.05, 3.63) is 54.6 Å². The Hall–Kier alpha value is -4.23. The van der Waals surface area contributed by atoms with E-state index in [0.717, 1.165) is 18.3 Å². The van der Waals surface area contributed by atoms with Crippen LogP contribution < -0.4 is 10.1 Å². The van der Waals surface area contributed by atoms with Gasteiger partial charge in [-0.05, 0) is 56.7 Å². The summed E-state index contributed by atoms with van der Waals surface area (Å²) in [5.74, 6) is -0.424. The zero-order valence-electron chi connectivity index (χ0n) is 19.8. The molecule has 1 aromatic carbocycles. The van der Waals surface area contributed by atoms with Crippen molar-refractivity contribution in [2.75, 3.05) is 0 Å². The fraction of sp³-hybridized carbons (Fsp3) is 0.304. The number of alkyl halides is 5. The van der Waals surface area contributed by atoms with Crippen LogP contribution in [0.15, 0.2) is 48.9 Å². The Balaban J connectivity index is 1.78. The van der Waals surface area contributed by atoms with Crippen LogP contribution in [0.5, 0.6) is 5.75 Å². The maximum Gasteiger partial charge on any atom is 0.573 e. The fourth-order valence-corrected chi connectivity index (χ4v) is 3.50. The average molecular weight is 524 g/mol. The van der Waals surface area contributed by atoms with Gasteiger partial charge in [-0.2, -0.15) is 19.0 Å². The third-order valence-corrected chi connectivity index (χ3v) is 4.87. The van der Waals surface area contributed by atoms with Gasteiger partial charge < -0.3 is 14.8 Å². The van der Waals surface area contributed by atoms with Gasteiger partial charge in [0.05, 0.1) is 29.5 Å². The van der Waals surface area contributed by atoms with Crippen molar-refractivity contribution in [1.82, 2.24) is 29.9 Å². The predicted octanol–water partition coefficient (Wildman–Crippen LogP) is 5.60. The minimum absolute atomic E-state index is 0.116. The molecule has 1 N–H and O–H groups in total. The van der Waals surface area contributed by atoms with E-state index in [2.05, 4.69) is 25.2 Å². The van der Waals surface area contributed by atoms with Crippen LogP contribution in [0.25, 0.3) is 27.8 Å². The second kappa shape index (κ2) is 9.67. The second-order valence-electron chi connectivity index (χ2n) is 8.80. The molecule has 37 heavy (non-hydrogen) atoms. The van der Waals surface area contributed by atoms with Crippen molar-refractivity contribution in [2.45, 2.75) is 45.8 Å². The smallest absolute Gasteiger partial charge is 0.444 e. The van der Waals surface area contributed by atoms with E-state index in [0.29, 0.717) is 32.6 Å². The first-order chi connectivity index (χ1) is 17.3. The summed E-state index contributed by atoms with van der Waals surface area (Å²) in [5.41, 5.74) is 0.983. The predicted molar refractivity (Wildman–Crippen MR) is 121 cm³/mol. The molecule has 0 atom stereocenters. The largest absolute Gasteiger partial charge is 0.573 e. The maximum absolute atomic E-state index is 13.1. The monoisotopic (exact) mass is 524 g/mol. The van der Waals surface area contributed by atoms with E-state index >= 15 is 0 Å². The van der Waals surface area contributed by atoms with E-state index in [1.165, 1.54) is 29.2 Å². The molecule has 4 aromatic rings. The summed E-state index contributed by atoms with van der Waals surface area (Å²) in [5, 5.41) is 11.2. The number of nitrogens with zero attached hydrogens (tertiary/aromatic N) is 5. The van der Waals surface area contributed by atoms with Gasteiger partial charge in [-0.15, -0.1) is 13.2 Å². The zero-order chi connectivity index (χ0) is 27.0. The summed E-state index contributed by atoms with van der Waals surface area (Å²) in [6.07, 6.45) is -1.71. The van der Waals surface area contributed by atoms with Crippen LogP contribution in [0.4, 0.5) is 26.7 Å². The SMILES string of the molecule is CC(C)(C)OC(=O)NCc1nn(-c2ccc(OC(F)(F)F)cc2)c2nccc(-c3cnn(C(F)F)c3)c12. The number of fused-ring (bicyclic) bond motifs is 1.